The molecule has 84 valence electrons. The van der Waals surface area contributed by atoms with Gasteiger partial charge in [-0.15, -0.1) is 0 Å². The molecule has 15 heavy (non-hydrogen) atoms. The molecule has 2 rings (SSSR count). The first kappa shape index (κ1) is 11.2. The van der Waals surface area contributed by atoms with Crippen LogP contribution in [0.25, 0.3) is 0 Å². The lowest BCUT2D eigenvalue weighted by Crippen LogP contribution is -2.31. The van der Waals surface area contributed by atoms with Crippen molar-refractivity contribution in [2.75, 3.05) is 0 Å². The summed E-state index contributed by atoms with van der Waals surface area (Å²) in [5, 5.41) is 4.28. The van der Waals surface area contributed by atoms with Gasteiger partial charge in [-0.25, -0.2) is 0 Å². The second kappa shape index (κ2) is 3.93. The van der Waals surface area contributed by atoms with E-state index in [2.05, 4.69) is 40.9 Å². The third-order valence-electron chi connectivity index (χ3n) is 3.75. The number of hydrogen-bond donors (Lipinski definition) is 0. The molecule has 2 nitrogen and oxygen atoms in total. The lowest BCUT2D eigenvalue weighted by molar-refractivity contribution is 0.198. The van der Waals surface area contributed by atoms with Crippen LogP contribution in [0.4, 0.5) is 0 Å². The first-order valence-corrected chi connectivity index (χ1v) is 6.54. The summed E-state index contributed by atoms with van der Waals surface area (Å²) < 4.78 is 2.03. The summed E-state index contributed by atoms with van der Waals surface area (Å²) in [7, 11) is 2.04. The van der Waals surface area contributed by atoms with Crippen molar-refractivity contribution >= 4 is 15.9 Å². The Bertz CT molecular complexity index is 343. The maximum Gasteiger partial charge on any atom is 0.0492 e. The van der Waals surface area contributed by atoms with E-state index in [1.807, 2.05) is 17.9 Å². The number of hydrogen-bond acceptors (Lipinski definition) is 1. The zero-order valence-electron chi connectivity index (χ0n) is 9.70. The van der Waals surface area contributed by atoms with Crippen LogP contribution in [0.5, 0.6) is 0 Å². The van der Waals surface area contributed by atoms with Crippen LogP contribution in [-0.2, 0) is 7.05 Å². The van der Waals surface area contributed by atoms with Gasteiger partial charge in [0.25, 0.3) is 0 Å². The smallest absolute Gasteiger partial charge is 0.0492 e. The Balaban J connectivity index is 2.29. The molecule has 1 fully saturated rings. The molecule has 0 saturated heterocycles. The first-order valence-electron chi connectivity index (χ1n) is 5.62. The van der Waals surface area contributed by atoms with E-state index in [1.54, 1.807) is 0 Å². The van der Waals surface area contributed by atoms with E-state index < -0.39 is 0 Å². The SMILES string of the molecule is Cn1nccc1C1CC(Br)CCC1(C)C. The van der Waals surface area contributed by atoms with Crippen LogP contribution < -0.4 is 0 Å². The highest BCUT2D eigenvalue weighted by Gasteiger charge is 2.37. The van der Waals surface area contributed by atoms with E-state index in [4.69, 9.17) is 0 Å². The van der Waals surface area contributed by atoms with Crippen molar-refractivity contribution in [3.8, 4) is 0 Å². The Labute approximate surface area is 100 Å². The van der Waals surface area contributed by atoms with Crippen LogP contribution in [0.2, 0.25) is 0 Å². The third kappa shape index (κ3) is 2.12. The van der Waals surface area contributed by atoms with Gasteiger partial charge in [0.2, 0.25) is 0 Å². The fourth-order valence-electron chi connectivity index (χ4n) is 2.64. The van der Waals surface area contributed by atoms with Gasteiger partial charge in [-0.2, -0.15) is 5.10 Å². The molecule has 1 heterocycles. The van der Waals surface area contributed by atoms with Crippen molar-refractivity contribution in [2.45, 2.75) is 43.9 Å². The van der Waals surface area contributed by atoms with Gasteiger partial charge < -0.3 is 0 Å². The summed E-state index contributed by atoms with van der Waals surface area (Å²) in [6.07, 6.45) is 5.72. The van der Waals surface area contributed by atoms with E-state index in [-0.39, 0.29) is 0 Å². The fraction of sp³-hybridized carbons (Fsp3) is 0.750. The van der Waals surface area contributed by atoms with Gasteiger partial charge in [-0.3, -0.25) is 4.68 Å². The number of nitrogens with zero attached hydrogens (tertiary/aromatic N) is 2. The highest BCUT2D eigenvalue weighted by Crippen LogP contribution is 2.48. The molecule has 2 unspecified atom stereocenters. The molecule has 0 aliphatic heterocycles. The maximum atomic E-state index is 4.28. The van der Waals surface area contributed by atoms with Crippen molar-refractivity contribution in [1.29, 1.82) is 0 Å². The molecule has 2 atom stereocenters. The maximum absolute atomic E-state index is 4.28. The number of aromatic nitrogens is 2. The molecule has 1 aliphatic rings. The molecule has 1 aliphatic carbocycles. The molecular formula is C12H19BrN2. The fourth-order valence-corrected chi connectivity index (χ4v) is 3.25. The Kier molecular flexibility index (Phi) is 2.93. The molecule has 0 bridgehead atoms. The van der Waals surface area contributed by atoms with Crippen molar-refractivity contribution in [1.82, 2.24) is 9.78 Å². The van der Waals surface area contributed by atoms with E-state index in [9.17, 15) is 0 Å². The number of halogens is 1. The Morgan fingerprint density at radius 2 is 2.27 bits per heavy atom. The van der Waals surface area contributed by atoms with Crippen molar-refractivity contribution in [3.05, 3.63) is 18.0 Å². The normalized spacial score (nSPS) is 30.4. The summed E-state index contributed by atoms with van der Waals surface area (Å²) in [4.78, 5) is 0.672. The minimum atomic E-state index is 0.401. The van der Waals surface area contributed by atoms with Crippen LogP contribution >= 0.6 is 15.9 Å². The van der Waals surface area contributed by atoms with Gasteiger partial charge in [0.05, 0.1) is 0 Å². The van der Waals surface area contributed by atoms with Crippen LogP contribution in [0.1, 0.15) is 44.7 Å². The van der Waals surface area contributed by atoms with E-state index >= 15 is 0 Å². The lowest BCUT2D eigenvalue weighted by Gasteiger charge is -2.40. The molecule has 1 aromatic rings. The van der Waals surface area contributed by atoms with E-state index in [0.29, 0.717) is 16.2 Å². The topological polar surface area (TPSA) is 17.8 Å². The van der Waals surface area contributed by atoms with Gasteiger partial charge in [-0.1, -0.05) is 29.8 Å². The number of aryl methyl sites for hydroxylation is 1. The second-order valence-electron chi connectivity index (χ2n) is 5.29. The molecule has 0 radical (unpaired) electrons. The van der Waals surface area contributed by atoms with Gasteiger partial charge in [0, 0.05) is 29.7 Å². The van der Waals surface area contributed by atoms with Crippen LogP contribution in [-0.4, -0.2) is 14.6 Å². The molecule has 0 spiro atoms. The minimum absolute atomic E-state index is 0.401. The molecule has 0 aromatic carbocycles. The highest BCUT2D eigenvalue weighted by molar-refractivity contribution is 9.09. The van der Waals surface area contributed by atoms with Crippen molar-refractivity contribution < 1.29 is 0 Å². The largest absolute Gasteiger partial charge is 0.272 e. The van der Waals surface area contributed by atoms with Crippen LogP contribution in [0, 0.1) is 5.41 Å². The zero-order chi connectivity index (χ0) is 11.1. The summed E-state index contributed by atoms with van der Waals surface area (Å²) in [6.45, 7) is 4.76. The Morgan fingerprint density at radius 3 is 2.87 bits per heavy atom. The summed E-state index contributed by atoms with van der Waals surface area (Å²) in [5.74, 6) is 0.628. The first-order chi connectivity index (χ1) is 7.00. The molecule has 1 aromatic heterocycles. The molecular weight excluding hydrogens is 252 g/mol. The zero-order valence-corrected chi connectivity index (χ0v) is 11.3. The average Bonchev–Trinajstić information content (AvgIpc) is 2.56. The monoisotopic (exact) mass is 270 g/mol. The van der Waals surface area contributed by atoms with Crippen molar-refractivity contribution in [2.24, 2.45) is 12.5 Å². The van der Waals surface area contributed by atoms with Crippen LogP contribution in [0.3, 0.4) is 0 Å². The van der Waals surface area contributed by atoms with Crippen molar-refractivity contribution in [3.63, 3.8) is 0 Å². The number of rotatable bonds is 1. The van der Waals surface area contributed by atoms with Gasteiger partial charge in [-0.05, 0) is 30.7 Å². The van der Waals surface area contributed by atoms with Gasteiger partial charge in [0.15, 0.2) is 0 Å². The van der Waals surface area contributed by atoms with E-state index in [1.165, 1.54) is 25.0 Å². The minimum Gasteiger partial charge on any atom is -0.272 e. The highest BCUT2D eigenvalue weighted by atomic mass is 79.9. The lowest BCUT2D eigenvalue weighted by atomic mass is 9.67. The summed E-state index contributed by atoms with van der Waals surface area (Å²) >= 11 is 3.76. The van der Waals surface area contributed by atoms with Gasteiger partial charge in [0.1, 0.15) is 0 Å². The predicted octanol–water partition coefficient (Wildman–Crippen LogP) is 3.48. The van der Waals surface area contributed by atoms with Gasteiger partial charge >= 0.3 is 0 Å². The predicted molar refractivity (Wildman–Crippen MR) is 66.3 cm³/mol. The molecule has 0 N–H and O–H groups in total. The quantitative estimate of drug-likeness (QED) is 0.715. The summed E-state index contributed by atoms with van der Waals surface area (Å²) in [5.41, 5.74) is 1.78. The Hall–Kier alpha value is -0.310. The number of alkyl halides is 1. The molecule has 0 amide bonds. The Morgan fingerprint density at radius 1 is 1.53 bits per heavy atom. The summed E-state index contributed by atoms with van der Waals surface area (Å²) in [6, 6.07) is 2.16. The average molecular weight is 271 g/mol. The second-order valence-corrected chi connectivity index (χ2v) is 6.59. The van der Waals surface area contributed by atoms with E-state index in [0.717, 1.165) is 0 Å². The standard InChI is InChI=1S/C12H19BrN2/c1-12(2)6-4-9(13)8-10(12)11-5-7-14-15(11)3/h5,7,9-10H,4,6,8H2,1-3H3. The molecule has 3 heteroatoms. The molecule has 1 saturated carbocycles. The van der Waals surface area contributed by atoms with Crippen LogP contribution in [0.15, 0.2) is 12.3 Å². The third-order valence-corrected chi connectivity index (χ3v) is 4.58.